The summed E-state index contributed by atoms with van der Waals surface area (Å²) in [7, 11) is 1.49. The predicted molar refractivity (Wildman–Crippen MR) is 116 cm³/mol. The van der Waals surface area contributed by atoms with Gasteiger partial charge in [-0.3, -0.25) is 4.79 Å². The van der Waals surface area contributed by atoms with Crippen molar-refractivity contribution in [3.63, 3.8) is 0 Å². The lowest BCUT2D eigenvalue weighted by Gasteiger charge is -2.15. The molecule has 0 aliphatic rings. The number of nitrogens with two attached hydrogens (primary N) is 1. The first-order valence-corrected chi connectivity index (χ1v) is 9.49. The van der Waals surface area contributed by atoms with Crippen molar-refractivity contribution in [2.45, 2.75) is 13.5 Å². The number of nitrogens with zero attached hydrogens (tertiary/aromatic N) is 4. The van der Waals surface area contributed by atoms with Crippen molar-refractivity contribution in [3.8, 4) is 34.2 Å². The Hall–Kier alpha value is -4.38. The molecule has 0 spiro atoms. The highest BCUT2D eigenvalue weighted by Gasteiger charge is 2.22. The molecule has 0 aliphatic heterocycles. The molecule has 8 heteroatoms. The number of pyridine rings is 1. The van der Waals surface area contributed by atoms with Crippen molar-refractivity contribution >= 4 is 11.6 Å². The molecule has 0 atom stereocenters. The first kappa shape index (κ1) is 19.9. The number of aromatic nitrogens is 3. The molecular weight excluding hydrogens is 394 g/mol. The van der Waals surface area contributed by atoms with Gasteiger partial charge in [0.2, 0.25) is 11.6 Å². The zero-order valence-corrected chi connectivity index (χ0v) is 17.0. The number of methoxy groups -OCH3 is 1. The lowest BCUT2D eigenvalue weighted by atomic mass is 9.97. The van der Waals surface area contributed by atoms with Gasteiger partial charge in [-0.05, 0) is 36.2 Å². The van der Waals surface area contributed by atoms with Gasteiger partial charge in [0.15, 0.2) is 5.75 Å². The zero-order chi connectivity index (χ0) is 22.1. The monoisotopic (exact) mass is 413 g/mol. The Balaban J connectivity index is 2.12. The lowest BCUT2D eigenvalue weighted by Crippen LogP contribution is -2.29. The van der Waals surface area contributed by atoms with Crippen LogP contribution in [-0.2, 0) is 11.3 Å². The number of aryl methyl sites for hydroxylation is 1. The average molecular weight is 413 g/mol. The number of nitriles is 1. The number of carbonyl (C=O) groups excluding carboxylic acids is 1. The fraction of sp³-hybridized carbons (Fsp3) is 0.130. The number of carbonyl (C=O) groups is 1. The van der Waals surface area contributed by atoms with Crippen LogP contribution in [-0.4, -0.2) is 27.2 Å². The fourth-order valence-electron chi connectivity index (χ4n) is 3.49. The third kappa shape index (κ3) is 3.53. The molecule has 0 saturated carbocycles. The molecule has 4 aromatic rings. The van der Waals surface area contributed by atoms with Crippen LogP contribution in [0.1, 0.15) is 11.1 Å². The van der Waals surface area contributed by atoms with Crippen LogP contribution in [0.15, 0.2) is 59.4 Å². The smallest absolute Gasteiger partial charge is 0.351 e. The molecule has 2 heterocycles. The molecule has 4 rings (SSSR count). The number of ether oxygens (including phenoxy) is 1. The summed E-state index contributed by atoms with van der Waals surface area (Å²) in [4.78, 5) is 24.7. The number of hydrogen-bond donors (Lipinski definition) is 1. The molecule has 0 radical (unpaired) electrons. The normalized spacial score (nSPS) is 10.7. The number of hydrogen-bond acceptors (Lipinski definition) is 5. The van der Waals surface area contributed by atoms with E-state index in [1.165, 1.54) is 11.5 Å². The van der Waals surface area contributed by atoms with Gasteiger partial charge in [0, 0.05) is 5.56 Å². The van der Waals surface area contributed by atoms with Crippen LogP contribution in [0.25, 0.3) is 28.0 Å². The Labute approximate surface area is 177 Å². The summed E-state index contributed by atoms with van der Waals surface area (Å²) in [5.41, 5.74) is 9.58. The maximum Gasteiger partial charge on any atom is 0.351 e. The highest BCUT2D eigenvalue weighted by atomic mass is 16.5. The van der Waals surface area contributed by atoms with Crippen LogP contribution in [0.5, 0.6) is 5.75 Å². The van der Waals surface area contributed by atoms with Gasteiger partial charge >= 0.3 is 5.69 Å². The lowest BCUT2D eigenvalue weighted by molar-refractivity contribution is -0.118. The summed E-state index contributed by atoms with van der Waals surface area (Å²) in [5.74, 6) is -0.302. The quantitative estimate of drug-likeness (QED) is 0.540. The molecule has 1 amide bonds. The molecule has 0 saturated heterocycles. The van der Waals surface area contributed by atoms with E-state index in [0.717, 1.165) is 26.9 Å². The van der Waals surface area contributed by atoms with Crippen LogP contribution in [0, 0.1) is 18.3 Å². The van der Waals surface area contributed by atoms with Crippen molar-refractivity contribution in [2.75, 3.05) is 7.11 Å². The van der Waals surface area contributed by atoms with E-state index in [1.807, 2.05) is 43.3 Å². The fourth-order valence-corrected chi connectivity index (χ4v) is 3.49. The number of primary amides is 1. The minimum absolute atomic E-state index is 0.279. The standard InChI is InChI=1S/C23H19N5O3/c1-14-3-7-17(8-4-14)21-18(16-9-5-15(12-24)6-10-16)11-19(31-2)22-26-27(13-20(25)29)23(30)28(21)22/h3-11H,13H2,1-2H3,(H2,25,29). The maximum atomic E-state index is 13.2. The predicted octanol–water partition coefficient (Wildman–Crippen LogP) is 2.50. The Morgan fingerprint density at radius 3 is 2.35 bits per heavy atom. The van der Waals surface area contributed by atoms with Crippen LogP contribution >= 0.6 is 0 Å². The Bertz CT molecular complexity index is 1390. The van der Waals surface area contributed by atoms with E-state index in [0.29, 0.717) is 17.0 Å². The molecule has 2 N–H and O–H groups in total. The molecule has 0 unspecified atom stereocenters. The molecule has 8 nitrogen and oxygen atoms in total. The Kier molecular flexibility index (Phi) is 5.01. The van der Waals surface area contributed by atoms with Crippen molar-refractivity contribution < 1.29 is 9.53 Å². The van der Waals surface area contributed by atoms with Crippen molar-refractivity contribution in [2.24, 2.45) is 5.73 Å². The summed E-state index contributed by atoms with van der Waals surface area (Å²) in [6, 6.07) is 18.7. The highest BCUT2D eigenvalue weighted by Crippen LogP contribution is 2.36. The second-order valence-electron chi connectivity index (χ2n) is 7.10. The molecule has 2 aromatic heterocycles. The number of rotatable bonds is 5. The summed E-state index contributed by atoms with van der Waals surface area (Å²) in [6.07, 6.45) is 0. The van der Waals surface area contributed by atoms with Crippen LogP contribution in [0.4, 0.5) is 0 Å². The molecule has 0 aliphatic carbocycles. The van der Waals surface area contributed by atoms with Gasteiger partial charge in [0.1, 0.15) is 6.54 Å². The van der Waals surface area contributed by atoms with Crippen LogP contribution in [0.3, 0.4) is 0 Å². The first-order chi connectivity index (χ1) is 14.9. The van der Waals surface area contributed by atoms with E-state index in [9.17, 15) is 9.59 Å². The molecular formula is C23H19N5O3. The summed E-state index contributed by atoms with van der Waals surface area (Å²) in [5, 5.41) is 13.4. The second-order valence-corrected chi connectivity index (χ2v) is 7.10. The minimum Gasteiger partial charge on any atom is -0.493 e. The SMILES string of the molecule is COc1cc(-c2ccc(C#N)cc2)c(-c2ccc(C)cc2)n2c(=O)n(CC(N)=O)nc12. The largest absolute Gasteiger partial charge is 0.493 e. The van der Waals surface area contributed by atoms with Gasteiger partial charge in [-0.1, -0.05) is 42.0 Å². The van der Waals surface area contributed by atoms with E-state index < -0.39 is 11.6 Å². The molecule has 0 bridgehead atoms. The van der Waals surface area contributed by atoms with Gasteiger partial charge in [-0.15, -0.1) is 5.10 Å². The van der Waals surface area contributed by atoms with Crippen molar-refractivity contribution in [1.29, 1.82) is 5.26 Å². The summed E-state index contributed by atoms with van der Waals surface area (Å²) < 4.78 is 7.97. The van der Waals surface area contributed by atoms with Gasteiger partial charge in [0.05, 0.1) is 24.4 Å². The topological polar surface area (TPSA) is 115 Å². The number of benzene rings is 2. The van der Waals surface area contributed by atoms with Gasteiger partial charge in [0.25, 0.3) is 0 Å². The van der Waals surface area contributed by atoms with Crippen molar-refractivity contribution in [1.82, 2.24) is 14.2 Å². The van der Waals surface area contributed by atoms with E-state index in [1.54, 1.807) is 18.2 Å². The number of fused-ring (bicyclic) bond motifs is 1. The maximum absolute atomic E-state index is 13.2. The van der Waals surface area contributed by atoms with E-state index >= 15 is 0 Å². The first-order valence-electron chi connectivity index (χ1n) is 9.49. The minimum atomic E-state index is -0.673. The Morgan fingerprint density at radius 2 is 1.77 bits per heavy atom. The van der Waals surface area contributed by atoms with Gasteiger partial charge in [-0.25, -0.2) is 13.9 Å². The third-order valence-corrected chi connectivity index (χ3v) is 4.99. The van der Waals surface area contributed by atoms with Gasteiger partial charge < -0.3 is 10.5 Å². The summed E-state index contributed by atoms with van der Waals surface area (Å²) in [6.45, 7) is 1.63. The zero-order valence-electron chi connectivity index (χ0n) is 17.0. The average Bonchev–Trinajstić information content (AvgIpc) is 3.09. The molecule has 154 valence electrons. The van der Waals surface area contributed by atoms with E-state index in [-0.39, 0.29) is 12.2 Å². The second kappa shape index (κ2) is 7.80. The van der Waals surface area contributed by atoms with E-state index in [2.05, 4.69) is 11.2 Å². The Morgan fingerprint density at radius 1 is 1.13 bits per heavy atom. The molecule has 0 fully saturated rings. The van der Waals surface area contributed by atoms with Crippen LogP contribution in [0.2, 0.25) is 0 Å². The summed E-state index contributed by atoms with van der Waals surface area (Å²) >= 11 is 0. The van der Waals surface area contributed by atoms with Crippen molar-refractivity contribution in [3.05, 3.63) is 76.2 Å². The number of amides is 1. The van der Waals surface area contributed by atoms with Gasteiger partial charge in [-0.2, -0.15) is 5.26 Å². The van der Waals surface area contributed by atoms with Crippen LogP contribution < -0.4 is 16.2 Å². The van der Waals surface area contributed by atoms with E-state index in [4.69, 9.17) is 15.7 Å². The third-order valence-electron chi connectivity index (χ3n) is 4.99. The highest BCUT2D eigenvalue weighted by molar-refractivity contribution is 5.85. The molecule has 31 heavy (non-hydrogen) atoms. The molecule has 2 aromatic carbocycles.